The first-order valence-corrected chi connectivity index (χ1v) is 13.6. The fourth-order valence-electron chi connectivity index (χ4n) is 4.68. The number of benzene rings is 2. The minimum Gasteiger partial charge on any atom is -0.461 e. The summed E-state index contributed by atoms with van der Waals surface area (Å²) in [5.41, 5.74) is 1.31. The molecule has 1 fully saturated rings. The van der Waals surface area contributed by atoms with Crippen LogP contribution in [0.4, 0.5) is 4.79 Å². The van der Waals surface area contributed by atoms with Crippen LogP contribution in [0.2, 0.25) is 0 Å². The maximum absolute atomic E-state index is 13.0. The van der Waals surface area contributed by atoms with Crippen molar-refractivity contribution in [1.29, 1.82) is 0 Å². The van der Waals surface area contributed by atoms with Crippen LogP contribution in [0, 0.1) is 5.92 Å². The van der Waals surface area contributed by atoms with Gasteiger partial charge in [0, 0.05) is 19.0 Å². The molecule has 2 aromatic carbocycles. The average Bonchev–Trinajstić information content (AvgIpc) is 3.32. The highest BCUT2D eigenvalue weighted by molar-refractivity contribution is 5.77. The van der Waals surface area contributed by atoms with Crippen LogP contribution in [0.15, 0.2) is 60.7 Å². The molecule has 2 unspecified atom stereocenters. The molecule has 0 saturated carbocycles. The third-order valence-electron chi connectivity index (χ3n) is 6.57. The maximum atomic E-state index is 13.0. The summed E-state index contributed by atoms with van der Waals surface area (Å²) in [5.74, 6) is -0.824. The minimum atomic E-state index is -0.585. The highest BCUT2D eigenvalue weighted by Gasteiger charge is 2.43. The van der Waals surface area contributed by atoms with Crippen LogP contribution in [0.1, 0.15) is 76.8 Å². The normalized spacial score (nSPS) is 17.2. The van der Waals surface area contributed by atoms with E-state index in [1.54, 1.807) is 4.90 Å². The Morgan fingerprint density at radius 2 is 1.39 bits per heavy atom. The molecule has 1 heterocycles. The lowest BCUT2D eigenvalue weighted by Gasteiger charge is -2.29. The Balaban J connectivity index is 1.45. The molecule has 0 aliphatic carbocycles. The minimum absolute atomic E-state index is 0.193. The Hall–Kier alpha value is -3.35. The lowest BCUT2D eigenvalue weighted by molar-refractivity contribution is -0.160. The number of hydrogen-bond acceptors (Lipinski definition) is 6. The standard InChI is InChI=1S/C31H41NO6/c1-31(2,3)38-29(34)26-20-21-32(30(35)37-23-25-16-10-7-11-17-25)27(26)18-12-4-5-13-19-28(33)36-22-24-14-8-6-9-15-24/h6-11,14-17,26-27H,4-5,12-13,18-23H2,1-3H3. The summed E-state index contributed by atoms with van der Waals surface area (Å²) >= 11 is 0. The van der Waals surface area contributed by atoms with Crippen molar-refractivity contribution in [2.24, 2.45) is 5.92 Å². The van der Waals surface area contributed by atoms with E-state index in [0.717, 1.165) is 36.8 Å². The quantitative estimate of drug-likeness (QED) is 0.181. The molecule has 206 valence electrons. The number of likely N-dealkylation sites (tertiary alicyclic amines) is 1. The molecule has 2 aromatic rings. The second-order valence-corrected chi connectivity index (χ2v) is 10.8. The number of carbonyl (C=O) groups is 3. The van der Waals surface area contributed by atoms with Gasteiger partial charge in [0.2, 0.25) is 0 Å². The predicted octanol–water partition coefficient (Wildman–Crippen LogP) is 6.44. The van der Waals surface area contributed by atoms with Crippen LogP contribution in [-0.4, -0.2) is 41.1 Å². The van der Waals surface area contributed by atoms with E-state index in [2.05, 4.69) is 0 Å². The van der Waals surface area contributed by atoms with Crippen LogP contribution in [0.3, 0.4) is 0 Å². The lowest BCUT2D eigenvalue weighted by Crippen LogP contribution is -2.41. The van der Waals surface area contributed by atoms with Crippen molar-refractivity contribution < 1.29 is 28.6 Å². The summed E-state index contributed by atoms with van der Waals surface area (Å²) in [6.07, 6.45) is 4.59. The van der Waals surface area contributed by atoms with Crippen molar-refractivity contribution in [3.05, 3.63) is 71.8 Å². The molecule has 0 radical (unpaired) electrons. The third-order valence-corrected chi connectivity index (χ3v) is 6.57. The first-order chi connectivity index (χ1) is 18.2. The number of carbonyl (C=O) groups excluding carboxylic acids is 3. The van der Waals surface area contributed by atoms with Gasteiger partial charge in [-0.15, -0.1) is 0 Å². The van der Waals surface area contributed by atoms with Crippen molar-refractivity contribution in [2.45, 2.75) is 90.6 Å². The number of ether oxygens (including phenoxy) is 3. The van der Waals surface area contributed by atoms with Gasteiger partial charge < -0.3 is 19.1 Å². The number of hydrogen-bond donors (Lipinski definition) is 0. The highest BCUT2D eigenvalue weighted by Crippen LogP contribution is 2.31. The molecule has 0 spiro atoms. The largest absolute Gasteiger partial charge is 0.461 e. The summed E-state index contributed by atoms with van der Waals surface area (Å²) < 4.78 is 16.6. The van der Waals surface area contributed by atoms with Crippen molar-refractivity contribution >= 4 is 18.0 Å². The SMILES string of the molecule is CC(C)(C)OC(=O)C1CCN(C(=O)OCc2ccccc2)C1CCCCCCC(=O)OCc1ccccc1. The van der Waals surface area contributed by atoms with Gasteiger partial charge in [0.25, 0.3) is 0 Å². The van der Waals surface area contributed by atoms with Gasteiger partial charge in [-0.1, -0.05) is 79.9 Å². The third kappa shape index (κ3) is 9.84. The van der Waals surface area contributed by atoms with Crippen LogP contribution >= 0.6 is 0 Å². The zero-order valence-electron chi connectivity index (χ0n) is 22.9. The van der Waals surface area contributed by atoms with Crippen LogP contribution < -0.4 is 0 Å². The van der Waals surface area contributed by atoms with E-state index < -0.39 is 11.7 Å². The Kier molecular flexibility index (Phi) is 11.2. The number of nitrogens with zero attached hydrogens (tertiary/aromatic N) is 1. The van der Waals surface area contributed by atoms with Crippen LogP contribution in [0.25, 0.3) is 0 Å². The van der Waals surface area contributed by atoms with E-state index in [1.165, 1.54) is 0 Å². The number of esters is 2. The molecule has 2 atom stereocenters. The number of amides is 1. The van der Waals surface area contributed by atoms with Gasteiger partial charge in [-0.3, -0.25) is 9.59 Å². The van der Waals surface area contributed by atoms with Gasteiger partial charge in [-0.2, -0.15) is 0 Å². The maximum Gasteiger partial charge on any atom is 0.410 e. The summed E-state index contributed by atoms with van der Waals surface area (Å²) in [7, 11) is 0. The van der Waals surface area contributed by atoms with Crippen molar-refractivity contribution in [2.75, 3.05) is 6.54 Å². The molecule has 1 saturated heterocycles. The molecule has 1 amide bonds. The Labute approximate surface area is 226 Å². The van der Waals surface area contributed by atoms with Crippen LogP contribution in [-0.2, 0) is 37.0 Å². The molecule has 3 rings (SSSR count). The van der Waals surface area contributed by atoms with E-state index >= 15 is 0 Å². The van der Waals surface area contributed by atoms with Crippen LogP contribution in [0.5, 0.6) is 0 Å². The van der Waals surface area contributed by atoms with Gasteiger partial charge >= 0.3 is 18.0 Å². The zero-order valence-corrected chi connectivity index (χ0v) is 22.9. The van der Waals surface area contributed by atoms with E-state index in [4.69, 9.17) is 14.2 Å². The number of rotatable bonds is 12. The van der Waals surface area contributed by atoms with Crippen molar-refractivity contribution in [1.82, 2.24) is 4.90 Å². The van der Waals surface area contributed by atoms with Gasteiger partial charge in [0.1, 0.15) is 18.8 Å². The van der Waals surface area contributed by atoms with Gasteiger partial charge in [-0.25, -0.2) is 4.79 Å². The fraction of sp³-hybridized carbons (Fsp3) is 0.516. The Morgan fingerprint density at radius 1 is 0.816 bits per heavy atom. The average molecular weight is 524 g/mol. The predicted molar refractivity (Wildman–Crippen MR) is 145 cm³/mol. The lowest BCUT2D eigenvalue weighted by atomic mass is 9.94. The first-order valence-electron chi connectivity index (χ1n) is 13.6. The van der Waals surface area contributed by atoms with E-state index in [-0.39, 0.29) is 30.5 Å². The summed E-state index contributed by atoms with van der Waals surface area (Å²) in [6, 6.07) is 18.9. The fourth-order valence-corrected chi connectivity index (χ4v) is 4.68. The Morgan fingerprint density at radius 3 is 2.00 bits per heavy atom. The molecular formula is C31H41NO6. The topological polar surface area (TPSA) is 82.1 Å². The second-order valence-electron chi connectivity index (χ2n) is 10.8. The molecule has 1 aliphatic heterocycles. The molecule has 0 aromatic heterocycles. The molecule has 0 N–H and O–H groups in total. The smallest absolute Gasteiger partial charge is 0.410 e. The van der Waals surface area contributed by atoms with Gasteiger partial charge in [-0.05, 0) is 51.2 Å². The van der Waals surface area contributed by atoms with E-state index in [9.17, 15) is 14.4 Å². The molecule has 7 nitrogen and oxygen atoms in total. The van der Waals surface area contributed by atoms with Crippen molar-refractivity contribution in [3.63, 3.8) is 0 Å². The highest BCUT2D eigenvalue weighted by atomic mass is 16.6. The second kappa shape index (κ2) is 14.6. The summed E-state index contributed by atoms with van der Waals surface area (Å²) in [6.45, 7) is 6.52. The Bertz CT molecular complexity index is 1020. The molecule has 0 bridgehead atoms. The van der Waals surface area contributed by atoms with E-state index in [0.29, 0.717) is 32.4 Å². The molecular weight excluding hydrogens is 482 g/mol. The molecule has 7 heteroatoms. The van der Waals surface area contributed by atoms with Gasteiger partial charge in [0.05, 0.1) is 5.92 Å². The summed E-state index contributed by atoms with van der Waals surface area (Å²) in [5, 5.41) is 0. The molecule has 38 heavy (non-hydrogen) atoms. The summed E-state index contributed by atoms with van der Waals surface area (Å²) in [4.78, 5) is 39.6. The number of unbranched alkanes of at least 4 members (excludes halogenated alkanes) is 3. The monoisotopic (exact) mass is 523 g/mol. The zero-order chi connectivity index (χ0) is 27.4. The first kappa shape index (κ1) is 29.2. The van der Waals surface area contributed by atoms with E-state index in [1.807, 2.05) is 81.4 Å². The van der Waals surface area contributed by atoms with Crippen molar-refractivity contribution in [3.8, 4) is 0 Å². The molecule has 1 aliphatic rings. The van der Waals surface area contributed by atoms with Gasteiger partial charge in [0.15, 0.2) is 0 Å².